The third kappa shape index (κ3) is 3.65. The first-order valence-electron chi connectivity index (χ1n) is 8.27. The van der Waals surface area contributed by atoms with E-state index < -0.39 is 5.97 Å². The van der Waals surface area contributed by atoms with Gasteiger partial charge in [0.2, 0.25) is 0 Å². The average Bonchev–Trinajstić information content (AvgIpc) is 2.93. The summed E-state index contributed by atoms with van der Waals surface area (Å²) in [5, 5.41) is 10.0. The van der Waals surface area contributed by atoms with Crippen molar-refractivity contribution < 1.29 is 19.4 Å². The number of aromatic nitrogens is 2. The van der Waals surface area contributed by atoms with Crippen LogP contribution in [0.3, 0.4) is 0 Å². The third-order valence-electron chi connectivity index (χ3n) is 4.49. The highest BCUT2D eigenvalue weighted by molar-refractivity contribution is 6.30. The second-order valence-electron chi connectivity index (χ2n) is 6.12. The molecule has 0 spiro atoms. The molecule has 0 bridgehead atoms. The number of hydrogen-bond acceptors (Lipinski definition) is 4. The fraction of sp³-hybridized carbons (Fsp3) is 0.444. The average molecular weight is 365 g/mol. The van der Waals surface area contributed by atoms with E-state index in [4.69, 9.17) is 21.1 Å². The van der Waals surface area contributed by atoms with E-state index in [1.807, 2.05) is 4.57 Å². The van der Waals surface area contributed by atoms with Crippen LogP contribution in [0.2, 0.25) is 5.02 Å². The van der Waals surface area contributed by atoms with E-state index >= 15 is 0 Å². The molecule has 1 saturated heterocycles. The van der Waals surface area contributed by atoms with Gasteiger partial charge in [0.05, 0.1) is 25.3 Å². The molecule has 3 rings (SSSR count). The molecule has 2 aromatic rings. The Labute approximate surface area is 151 Å². The van der Waals surface area contributed by atoms with Crippen molar-refractivity contribution >= 4 is 17.6 Å². The number of imidazole rings is 1. The summed E-state index contributed by atoms with van der Waals surface area (Å²) >= 11 is 6.14. The first kappa shape index (κ1) is 17.8. The van der Waals surface area contributed by atoms with Crippen LogP contribution < -0.4 is 4.74 Å². The number of benzene rings is 1. The van der Waals surface area contributed by atoms with Crippen LogP contribution in [0.5, 0.6) is 5.75 Å². The van der Waals surface area contributed by atoms with Crippen LogP contribution in [0.4, 0.5) is 0 Å². The van der Waals surface area contributed by atoms with Gasteiger partial charge in [-0.2, -0.15) is 0 Å². The SMILES string of the molecule is COc1ccc(Cl)cc1-c1nc(C(=O)O)c(C)n1CC1CCCCO1. The zero-order valence-corrected chi connectivity index (χ0v) is 15.0. The molecule has 1 aromatic carbocycles. The number of ether oxygens (including phenoxy) is 2. The first-order chi connectivity index (χ1) is 12.0. The van der Waals surface area contributed by atoms with Gasteiger partial charge >= 0.3 is 5.97 Å². The van der Waals surface area contributed by atoms with Crippen LogP contribution >= 0.6 is 11.6 Å². The number of nitrogens with zero attached hydrogens (tertiary/aromatic N) is 2. The van der Waals surface area contributed by atoms with E-state index in [0.29, 0.717) is 34.4 Å². The molecule has 134 valence electrons. The van der Waals surface area contributed by atoms with Crippen molar-refractivity contribution in [3.8, 4) is 17.1 Å². The second-order valence-corrected chi connectivity index (χ2v) is 6.55. The minimum atomic E-state index is -1.05. The monoisotopic (exact) mass is 364 g/mol. The minimum absolute atomic E-state index is 0.0350. The van der Waals surface area contributed by atoms with Crippen LogP contribution in [0.25, 0.3) is 11.4 Å². The van der Waals surface area contributed by atoms with Crippen molar-refractivity contribution in [1.82, 2.24) is 9.55 Å². The fourth-order valence-electron chi connectivity index (χ4n) is 3.18. The summed E-state index contributed by atoms with van der Waals surface area (Å²) < 4.78 is 13.1. The fourth-order valence-corrected chi connectivity index (χ4v) is 3.35. The summed E-state index contributed by atoms with van der Waals surface area (Å²) in [6, 6.07) is 5.22. The smallest absolute Gasteiger partial charge is 0.356 e. The van der Waals surface area contributed by atoms with Crippen molar-refractivity contribution in [2.75, 3.05) is 13.7 Å². The molecule has 2 heterocycles. The molecule has 0 saturated carbocycles. The highest BCUT2D eigenvalue weighted by Crippen LogP contribution is 2.34. The van der Waals surface area contributed by atoms with Crippen LogP contribution in [0, 0.1) is 6.92 Å². The number of carbonyl (C=O) groups is 1. The van der Waals surface area contributed by atoms with Gasteiger partial charge in [-0.3, -0.25) is 0 Å². The zero-order chi connectivity index (χ0) is 18.0. The van der Waals surface area contributed by atoms with E-state index in [0.717, 1.165) is 25.9 Å². The summed E-state index contributed by atoms with van der Waals surface area (Å²) in [5.74, 6) is 0.0728. The Morgan fingerprint density at radius 3 is 2.92 bits per heavy atom. The number of halogens is 1. The second kappa shape index (κ2) is 7.45. The van der Waals surface area contributed by atoms with Gasteiger partial charge in [-0.05, 0) is 44.4 Å². The molecule has 1 aliphatic rings. The summed E-state index contributed by atoms with van der Waals surface area (Å²) in [6.07, 6.45) is 3.17. The maximum Gasteiger partial charge on any atom is 0.356 e. The van der Waals surface area contributed by atoms with Gasteiger partial charge in [0, 0.05) is 17.3 Å². The summed E-state index contributed by atoms with van der Waals surface area (Å²) in [7, 11) is 1.56. The van der Waals surface area contributed by atoms with Gasteiger partial charge in [0.15, 0.2) is 5.69 Å². The van der Waals surface area contributed by atoms with Crippen molar-refractivity contribution in [2.24, 2.45) is 0 Å². The van der Waals surface area contributed by atoms with Gasteiger partial charge < -0.3 is 19.1 Å². The van der Waals surface area contributed by atoms with Crippen molar-refractivity contribution in [3.05, 3.63) is 34.6 Å². The van der Waals surface area contributed by atoms with Gasteiger partial charge in [-0.15, -0.1) is 0 Å². The number of carboxylic acids is 1. The maximum atomic E-state index is 11.6. The lowest BCUT2D eigenvalue weighted by Crippen LogP contribution is -2.25. The van der Waals surface area contributed by atoms with Crippen molar-refractivity contribution in [1.29, 1.82) is 0 Å². The predicted molar refractivity (Wildman–Crippen MR) is 94.5 cm³/mol. The number of methoxy groups -OCH3 is 1. The van der Waals surface area contributed by atoms with Crippen LogP contribution in [-0.4, -0.2) is 40.4 Å². The predicted octanol–water partition coefficient (Wildman–Crippen LogP) is 3.79. The molecule has 6 nitrogen and oxygen atoms in total. The Kier molecular flexibility index (Phi) is 5.30. The Hall–Kier alpha value is -2.05. The molecule has 1 unspecified atom stereocenters. The van der Waals surface area contributed by atoms with Crippen molar-refractivity contribution in [3.63, 3.8) is 0 Å². The lowest BCUT2D eigenvalue weighted by Gasteiger charge is -2.24. The van der Waals surface area contributed by atoms with E-state index in [2.05, 4.69) is 4.98 Å². The van der Waals surface area contributed by atoms with E-state index in [-0.39, 0.29) is 11.8 Å². The molecular formula is C18H21ClN2O4. The van der Waals surface area contributed by atoms with E-state index in [1.165, 1.54) is 0 Å². The van der Waals surface area contributed by atoms with Crippen LogP contribution in [0.15, 0.2) is 18.2 Å². The topological polar surface area (TPSA) is 73.6 Å². The lowest BCUT2D eigenvalue weighted by molar-refractivity contribution is 0.00591. The standard InChI is InChI=1S/C18H21ClN2O4/c1-11-16(18(22)23)20-17(14-9-12(19)6-7-15(14)24-2)21(11)10-13-5-3-4-8-25-13/h6-7,9,13H,3-5,8,10H2,1-2H3,(H,22,23). The summed E-state index contributed by atoms with van der Waals surface area (Å²) in [4.78, 5) is 15.9. The summed E-state index contributed by atoms with van der Waals surface area (Å²) in [6.45, 7) is 3.05. The first-order valence-corrected chi connectivity index (χ1v) is 8.65. The Morgan fingerprint density at radius 1 is 1.48 bits per heavy atom. The van der Waals surface area contributed by atoms with Crippen LogP contribution in [-0.2, 0) is 11.3 Å². The van der Waals surface area contributed by atoms with E-state index in [1.54, 1.807) is 32.2 Å². The number of aromatic carboxylic acids is 1. The molecular weight excluding hydrogens is 344 g/mol. The molecule has 1 N–H and O–H groups in total. The highest BCUT2D eigenvalue weighted by atomic mass is 35.5. The molecule has 0 radical (unpaired) electrons. The minimum Gasteiger partial charge on any atom is -0.496 e. The molecule has 1 aliphatic heterocycles. The molecule has 1 atom stereocenters. The van der Waals surface area contributed by atoms with Crippen molar-refractivity contribution in [2.45, 2.75) is 38.8 Å². The van der Waals surface area contributed by atoms with Gasteiger partial charge in [0.1, 0.15) is 11.6 Å². The molecule has 1 fully saturated rings. The Morgan fingerprint density at radius 2 is 2.28 bits per heavy atom. The molecule has 25 heavy (non-hydrogen) atoms. The number of rotatable bonds is 5. The number of hydrogen-bond donors (Lipinski definition) is 1. The molecule has 0 aliphatic carbocycles. The number of carboxylic acid groups (broad SMARTS) is 1. The maximum absolute atomic E-state index is 11.6. The molecule has 1 aromatic heterocycles. The molecule has 0 amide bonds. The van der Waals surface area contributed by atoms with Gasteiger partial charge in [0.25, 0.3) is 0 Å². The van der Waals surface area contributed by atoms with Crippen LogP contribution in [0.1, 0.15) is 35.4 Å². The lowest BCUT2D eigenvalue weighted by atomic mass is 10.1. The quantitative estimate of drug-likeness (QED) is 0.873. The van der Waals surface area contributed by atoms with Gasteiger partial charge in [-0.1, -0.05) is 11.6 Å². The zero-order valence-electron chi connectivity index (χ0n) is 14.3. The Balaban J connectivity index is 2.10. The van der Waals surface area contributed by atoms with E-state index in [9.17, 15) is 9.90 Å². The highest BCUT2D eigenvalue weighted by Gasteiger charge is 2.25. The normalized spacial score (nSPS) is 17.5. The Bertz CT molecular complexity index is 782. The largest absolute Gasteiger partial charge is 0.496 e. The van der Waals surface area contributed by atoms with Gasteiger partial charge in [-0.25, -0.2) is 9.78 Å². The third-order valence-corrected chi connectivity index (χ3v) is 4.72. The molecule has 7 heteroatoms. The summed E-state index contributed by atoms with van der Waals surface area (Å²) in [5.41, 5.74) is 1.30.